The summed E-state index contributed by atoms with van der Waals surface area (Å²) in [7, 11) is 0. The summed E-state index contributed by atoms with van der Waals surface area (Å²) in [6.07, 6.45) is 9.59. The largest absolute Gasteiger partial charge is 0.393 e. The molecule has 4 aliphatic carbocycles. The van der Waals surface area contributed by atoms with E-state index in [0.717, 1.165) is 37.9 Å². The maximum absolute atomic E-state index is 13.3. The number of carbonyl (C=O) groups excluding carboxylic acids is 1. The Kier molecular flexibility index (Phi) is 5.90. The Hall–Kier alpha value is -1.06. The molecule has 4 aliphatic rings. The molecule has 32 heavy (non-hydrogen) atoms. The molecule has 0 amide bonds. The number of ketones is 1. The van der Waals surface area contributed by atoms with Gasteiger partial charge in [0, 0.05) is 23.0 Å². The van der Waals surface area contributed by atoms with Crippen molar-refractivity contribution in [1.29, 1.82) is 0 Å². The zero-order chi connectivity index (χ0) is 22.7. The zero-order valence-electron chi connectivity index (χ0n) is 20.3. The lowest BCUT2D eigenvalue weighted by atomic mass is 9.47. The molecule has 3 fully saturated rings. The van der Waals surface area contributed by atoms with Gasteiger partial charge in [0.05, 0.1) is 6.10 Å². The summed E-state index contributed by atoms with van der Waals surface area (Å²) < 4.78 is 0. The van der Waals surface area contributed by atoms with Gasteiger partial charge in [-0.3, -0.25) is 4.79 Å². The summed E-state index contributed by atoms with van der Waals surface area (Å²) >= 11 is 1.88. The normalized spacial score (nSPS) is 41.1. The van der Waals surface area contributed by atoms with Crippen LogP contribution in [-0.4, -0.2) is 22.7 Å². The molecule has 1 N–H and O–H groups in total. The van der Waals surface area contributed by atoms with Crippen molar-refractivity contribution in [1.82, 2.24) is 0 Å². The van der Waals surface area contributed by atoms with Crippen LogP contribution in [0.5, 0.6) is 0 Å². The van der Waals surface area contributed by atoms with E-state index in [0.29, 0.717) is 29.5 Å². The maximum atomic E-state index is 13.3. The lowest BCUT2D eigenvalue weighted by Crippen LogP contribution is -2.50. The van der Waals surface area contributed by atoms with Gasteiger partial charge in [0.15, 0.2) is 0 Å². The number of allylic oxidation sites excluding steroid dienone is 1. The fraction of sp³-hybridized carbons (Fsp3) is 0.690. The van der Waals surface area contributed by atoms with Gasteiger partial charge in [0.1, 0.15) is 5.78 Å². The van der Waals surface area contributed by atoms with Crippen LogP contribution in [0.15, 0.2) is 40.8 Å². The second-order valence-electron chi connectivity index (χ2n) is 12.0. The Balaban J connectivity index is 1.33. The van der Waals surface area contributed by atoms with Crippen molar-refractivity contribution in [3.63, 3.8) is 0 Å². The quantitative estimate of drug-likeness (QED) is 0.394. The number of carbonyl (C=O) groups is 1. The third kappa shape index (κ3) is 3.63. The topological polar surface area (TPSA) is 37.3 Å². The predicted octanol–water partition coefficient (Wildman–Crippen LogP) is 7.02. The zero-order valence-corrected chi connectivity index (χ0v) is 21.1. The first-order valence-electron chi connectivity index (χ1n) is 12.9. The number of Topliss-reactive ketones (excluding diaryl/α,β-unsaturated/α-hetero) is 1. The molecule has 1 aromatic carbocycles. The summed E-state index contributed by atoms with van der Waals surface area (Å²) in [6.45, 7) is 9.37. The fourth-order valence-corrected chi connectivity index (χ4v) is 9.20. The van der Waals surface area contributed by atoms with Crippen LogP contribution in [0.2, 0.25) is 0 Å². The van der Waals surface area contributed by atoms with Gasteiger partial charge < -0.3 is 5.11 Å². The molecular weight excluding hydrogens is 412 g/mol. The number of benzene rings is 1. The van der Waals surface area contributed by atoms with Crippen LogP contribution in [0, 0.1) is 34.5 Å². The van der Waals surface area contributed by atoms with Crippen molar-refractivity contribution in [3.8, 4) is 0 Å². The smallest absolute Gasteiger partial charge is 0.137 e. The lowest BCUT2D eigenvalue weighted by Gasteiger charge is -2.57. The molecule has 174 valence electrons. The summed E-state index contributed by atoms with van der Waals surface area (Å²) in [5.41, 5.74) is 3.30. The molecule has 0 aliphatic heterocycles. The van der Waals surface area contributed by atoms with Crippen molar-refractivity contribution in [2.45, 2.75) is 89.6 Å². The van der Waals surface area contributed by atoms with E-state index in [4.69, 9.17) is 0 Å². The maximum Gasteiger partial charge on any atom is 0.137 e. The minimum Gasteiger partial charge on any atom is -0.393 e. The highest BCUT2D eigenvalue weighted by Crippen LogP contribution is 2.65. The van der Waals surface area contributed by atoms with E-state index in [9.17, 15) is 9.90 Å². The van der Waals surface area contributed by atoms with E-state index in [-0.39, 0.29) is 22.9 Å². The van der Waals surface area contributed by atoms with Crippen LogP contribution in [0.4, 0.5) is 0 Å². The van der Waals surface area contributed by atoms with Crippen molar-refractivity contribution < 1.29 is 9.90 Å². The summed E-state index contributed by atoms with van der Waals surface area (Å²) in [6, 6.07) is 8.96. The number of aliphatic hydroxyl groups excluding tert-OH is 1. The van der Waals surface area contributed by atoms with Gasteiger partial charge in [-0.1, -0.05) is 51.5 Å². The molecule has 0 aromatic heterocycles. The fourth-order valence-electron chi connectivity index (χ4n) is 7.95. The molecule has 0 unspecified atom stereocenters. The highest BCUT2D eigenvalue weighted by Gasteiger charge is 2.60. The first-order chi connectivity index (χ1) is 15.2. The minimum atomic E-state index is -0.149. The Morgan fingerprint density at radius 3 is 2.53 bits per heavy atom. The molecule has 0 spiro atoms. The van der Waals surface area contributed by atoms with Gasteiger partial charge in [-0.15, -0.1) is 11.8 Å². The van der Waals surface area contributed by atoms with Crippen molar-refractivity contribution in [2.75, 3.05) is 5.75 Å². The summed E-state index contributed by atoms with van der Waals surface area (Å²) in [5.74, 6) is 4.05. The molecule has 3 saturated carbocycles. The molecule has 5 rings (SSSR count). The van der Waals surface area contributed by atoms with Crippen LogP contribution in [-0.2, 0) is 4.79 Å². The minimum absolute atomic E-state index is 0.149. The number of hydrogen-bond acceptors (Lipinski definition) is 3. The number of thioether (sulfide) groups is 1. The van der Waals surface area contributed by atoms with Crippen LogP contribution >= 0.6 is 11.8 Å². The van der Waals surface area contributed by atoms with Crippen LogP contribution in [0.25, 0.3) is 0 Å². The van der Waals surface area contributed by atoms with Crippen LogP contribution in [0.1, 0.15) is 84.1 Å². The van der Waals surface area contributed by atoms with Crippen molar-refractivity contribution in [3.05, 3.63) is 41.5 Å². The van der Waals surface area contributed by atoms with Gasteiger partial charge in [0.25, 0.3) is 0 Å². The van der Waals surface area contributed by atoms with Crippen molar-refractivity contribution >= 4 is 17.5 Å². The third-order valence-electron chi connectivity index (χ3n) is 10.1. The number of rotatable bonds is 4. The summed E-state index contributed by atoms with van der Waals surface area (Å²) in [4.78, 5) is 14.6. The first-order valence-corrected chi connectivity index (χ1v) is 13.8. The Bertz CT molecular complexity index is 902. The number of aliphatic hydroxyl groups is 1. The van der Waals surface area contributed by atoms with Crippen LogP contribution < -0.4 is 0 Å². The van der Waals surface area contributed by atoms with E-state index >= 15 is 0 Å². The SMILES string of the molecule is CC(C)c1ccc(SC[C@H]2C(=O)C[C@H]3[C@@H]4CC=C5C[C@@H](O)CC[C@]5(C)[C@H]4CC[C@]23C)cc1. The van der Waals surface area contributed by atoms with Gasteiger partial charge in [-0.05, 0) is 90.7 Å². The van der Waals surface area contributed by atoms with Gasteiger partial charge >= 0.3 is 0 Å². The highest BCUT2D eigenvalue weighted by atomic mass is 32.2. The molecule has 0 radical (unpaired) electrons. The lowest BCUT2D eigenvalue weighted by molar-refractivity contribution is -0.121. The second kappa shape index (κ2) is 8.31. The molecular formula is C29H40O2S. The standard InChI is InChI=1S/C29H40O2S/c1-18(2)19-5-8-22(9-6-19)32-17-26-27(31)16-25-23-10-7-20-15-21(30)11-13-28(20,3)24(23)12-14-29(25,26)4/h5-9,18,21,23-26,30H,10-17H2,1-4H3/t21-,23+,24-,25-,26-,28-,29-/m0/s1. The molecule has 2 nitrogen and oxygen atoms in total. The van der Waals surface area contributed by atoms with Crippen LogP contribution in [0.3, 0.4) is 0 Å². The van der Waals surface area contributed by atoms with E-state index in [1.807, 2.05) is 11.8 Å². The Morgan fingerprint density at radius 1 is 1.06 bits per heavy atom. The third-order valence-corrected chi connectivity index (χ3v) is 11.2. The second-order valence-corrected chi connectivity index (χ2v) is 13.1. The van der Waals surface area contributed by atoms with E-state index < -0.39 is 0 Å². The number of hydrogen-bond donors (Lipinski definition) is 1. The van der Waals surface area contributed by atoms with E-state index in [2.05, 4.69) is 58.0 Å². The summed E-state index contributed by atoms with van der Waals surface area (Å²) in [5, 5.41) is 10.2. The average Bonchev–Trinajstić information content (AvgIpc) is 3.02. The molecule has 0 saturated heterocycles. The van der Waals surface area contributed by atoms with Gasteiger partial charge in [-0.2, -0.15) is 0 Å². The molecule has 0 bridgehead atoms. The van der Waals surface area contributed by atoms with Gasteiger partial charge in [-0.25, -0.2) is 0 Å². The molecule has 3 heteroatoms. The average molecular weight is 453 g/mol. The number of fused-ring (bicyclic) bond motifs is 5. The Labute approximate surface area is 198 Å². The van der Waals surface area contributed by atoms with Gasteiger partial charge in [0.2, 0.25) is 0 Å². The Morgan fingerprint density at radius 2 is 1.81 bits per heavy atom. The monoisotopic (exact) mass is 452 g/mol. The molecule has 0 heterocycles. The predicted molar refractivity (Wildman–Crippen MR) is 133 cm³/mol. The van der Waals surface area contributed by atoms with Crippen molar-refractivity contribution in [2.24, 2.45) is 34.5 Å². The first kappa shape index (κ1) is 22.7. The highest BCUT2D eigenvalue weighted by molar-refractivity contribution is 7.99. The molecule has 7 atom stereocenters. The van der Waals surface area contributed by atoms with E-state index in [1.54, 1.807) is 0 Å². The van der Waals surface area contributed by atoms with E-state index in [1.165, 1.54) is 28.9 Å². The molecule has 1 aromatic rings.